The van der Waals surface area contributed by atoms with E-state index in [1.165, 1.54) is 4.90 Å². The van der Waals surface area contributed by atoms with E-state index in [-0.39, 0.29) is 24.9 Å². The van der Waals surface area contributed by atoms with Gasteiger partial charge in [-0.05, 0) is 55.7 Å². The lowest BCUT2D eigenvalue weighted by atomic mass is 10.0. The molecule has 0 aliphatic rings. The van der Waals surface area contributed by atoms with E-state index in [4.69, 9.17) is 4.74 Å². The van der Waals surface area contributed by atoms with Crippen molar-refractivity contribution in [3.05, 3.63) is 96.1 Å². The third-order valence-corrected chi connectivity index (χ3v) is 7.72. The van der Waals surface area contributed by atoms with Crippen LogP contribution in [0.4, 0.5) is 5.69 Å². The number of nitrogens with one attached hydrogen (secondary N) is 1. The first-order valence-corrected chi connectivity index (χ1v) is 15.4. The summed E-state index contributed by atoms with van der Waals surface area (Å²) in [5, 5.41) is 3.03. The van der Waals surface area contributed by atoms with Crippen LogP contribution in [0.2, 0.25) is 0 Å². The maximum atomic E-state index is 14.1. The van der Waals surface area contributed by atoms with Crippen molar-refractivity contribution < 1.29 is 22.7 Å². The van der Waals surface area contributed by atoms with Gasteiger partial charge in [-0.3, -0.25) is 13.9 Å². The van der Waals surface area contributed by atoms with Gasteiger partial charge in [0.2, 0.25) is 21.8 Å². The average Bonchev–Trinajstić information content (AvgIpc) is 2.94. The Morgan fingerprint density at radius 2 is 1.45 bits per heavy atom. The number of rotatable bonds is 14. The highest BCUT2D eigenvalue weighted by Crippen LogP contribution is 2.23. The largest absolute Gasteiger partial charge is 0.494 e. The van der Waals surface area contributed by atoms with Crippen molar-refractivity contribution in [2.45, 2.75) is 52.2 Å². The summed E-state index contributed by atoms with van der Waals surface area (Å²) in [6.07, 6.45) is 2.08. The molecule has 0 spiro atoms. The number of carbonyl (C=O) groups excluding carboxylic acids is 2. The Labute approximate surface area is 238 Å². The quantitative estimate of drug-likeness (QED) is 0.313. The zero-order valence-corrected chi connectivity index (χ0v) is 24.4. The standard InChI is InChI=1S/C31H39N3O5S/c1-5-24(3)32-31(36)29(21-25-13-9-7-10-14-25)33(22-26-15-11-8-12-16-26)30(35)23-34(40(4,37)38)27-17-19-28(20-18-27)39-6-2/h7-20,24,29H,5-6,21-23H2,1-4H3,(H,32,36)/t24-,29-/m0/s1. The van der Waals surface area contributed by atoms with Gasteiger partial charge < -0.3 is 15.0 Å². The Bertz CT molecular complexity index is 1330. The minimum Gasteiger partial charge on any atom is -0.494 e. The molecule has 9 heteroatoms. The number of ether oxygens (including phenoxy) is 1. The topological polar surface area (TPSA) is 96.0 Å². The predicted molar refractivity (Wildman–Crippen MR) is 159 cm³/mol. The van der Waals surface area contributed by atoms with Crippen LogP contribution in [0, 0.1) is 0 Å². The Balaban J connectivity index is 2.01. The summed E-state index contributed by atoms with van der Waals surface area (Å²) in [4.78, 5) is 29.2. The van der Waals surface area contributed by atoms with Gasteiger partial charge in [0.15, 0.2) is 0 Å². The van der Waals surface area contributed by atoms with E-state index in [0.29, 0.717) is 18.0 Å². The van der Waals surface area contributed by atoms with E-state index in [9.17, 15) is 18.0 Å². The Morgan fingerprint density at radius 1 is 0.875 bits per heavy atom. The van der Waals surface area contributed by atoms with Crippen LogP contribution in [0.25, 0.3) is 0 Å². The summed E-state index contributed by atoms with van der Waals surface area (Å²) in [5.74, 6) is -0.167. The maximum Gasteiger partial charge on any atom is 0.244 e. The molecule has 3 rings (SSSR count). The number of benzene rings is 3. The van der Waals surface area contributed by atoms with Crippen molar-refractivity contribution in [1.82, 2.24) is 10.2 Å². The van der Waals surface area contributed by atoms with Crippen LogP contribution < -0.4 is 14.4 Å². The average molecular weight is 566 g/mol. The summed E-state index contributed by atoms with van der Waals surface area (Å²) < 4.78 is 32.3. The molecule has 8 nitrogen and oxygen atoms in total. The molecule has 3 aromatic carbocycles. The zero-order chi connectivity index (χ0) is 29.1. The van der Waals surface area contributed by atoms with Crippen LogP contribution in [0.1, 0.15) is 38.3 Å². The van der Waals surface area contributed by atoms with Gasteiger partial charge in [0.1, 0.15) is 18.3 Å². The number of hydrogen-bond acceptors (Lipinski definition) is 5. The second kappa shape index (κ2) is 14.5. The predicted octanol–water partition coefficient (Wildman–Crippen LogP) is 4.41. The van der Waals surface area contributed by atoms with Crippen LogP contribution in [-0.2, 0) is 32.6 Å². The number of nitrogens with zero attached hydrogens (tertiary/aromatic N) is 2. The minimum absolute atomic E-state index is 0.0872. The molecule has 0 aliphatic carbocycles. The minimum atomic E-state index is -3.83. The summed E-state index contributed by atoms with van der Waals surface area (Å²) in [7, 11) is -3.83. The van der Waals surface area contributed by atoms with Gasteiger partial charge in [-0.15, -0.1) is 0 Å². The van der Waals surface area contributed by atoms with Crippen molar-refractivity contribution in [3.8, 4) is 5.75 Å². The van der Waals surface area contributed by atoms with Crippen LogP contribution in [0.15, 0.2) is 84.9 Å². The first-order chi connectivity index (χ1) is 19.1. The molecular weight excluding hydrogens is 526 g/mol. The van der Waals surface area contributed by atoms with E-state index in [1.807, 2.05) is 81.4 Å². The second-order valence-electron chi connectivity index (χ2n) is 9.73. The van der Waals surface area contributed by atoms with Gasteiger partial charge in [0.25, 0.3) is 0 Å². The fourth-order valence-electron chi connectivity index (χ4n) is 4.26. The van der Waals surface area contributed by atoms with Crippen molar-refractivity contribution in [2.24, 2.45) is 0 Å². The molecule has 0 saturated heterocycles. The number of anilines is 1. The van der Waals surface area contributed by atoms with E-state index < -0.39 is 28.5 Å². The number of amides is 2. The lowest BCUT2D eigenvalue weighted by Gasteiger charge is -2.34. The molecule has 0 unspecified atom stereocenters. The molecule has 0 fully saturated rings. The molecule has 0 radical (unpaired) electrons. The second-order valence-corrected chi connectivity index (χ2v) is 11.6. The first-order valence-electron chi connectivity index (χ1n) is 13.5. The van der Waals surface area contributed by atoms with Gasteiger partial charge in [-0.1, -0.05) is 67.6 Å². The Kier molecular flexibility index (Phi) is 11.1. The molecule has 0 bridgehead atoms. The normalized spacial score (nSPS) is 12.7. The molecule has 40 heavy (non-hydrogen) atoms. The van der Waals surface area contributed by atoms with Crippen LogP contribution >= 0.6 is 0 Å². The highest BCUT2D eigenvalue weighted by atomic mass is 32.2. The van der Waals surface area contributed by atoms with Gasteiger partial charge in [0.05, 0.1) is 18.6 Å². The van der Waals surface area contributed by atoms with Gasteiger partial charge >= 0.3 is 0 Å². The van der Waals surface area contributed by atoms with E-state index in [0.717, 1.165) is 28.1 Å². The molecule has 0 heterocycles. The number of sulfonamides is 1. The smallest absolute Gasteiger partial charge is 0.244 e. The number of hydrogen-bond donors (Lipinski definition) is 1. The fraction of sp³-hybridized carbons (Fsp3) is 0.355. The zero-order valence-electron chi connectivity index (χ0n) is 23.6. The van der Waals surface area contributed by atoms with Crippen molar-refractivity contribution in [2.75, 3.05) is 23.7 Å². The molecule has 0 aliphatic heterocycles. The van der Waals surface area contributed by atoms with E-state index >= 15 is 0 Å². The highest BCUT2D eigenvalue weighted by Gasteiger charge is 2.33. The molecule has 1 N–H and O–H groups in total. The molecule has 2 atom stereocenters. The molecular formula is C31H39N3O5S. The Morgan fingerprint density at radius 3 is 1.98 bits per heavy atom. The third-order valence-electron chi connectivity index (χ3n) is 6.58. The summed E-state index contributed by atoms with van der Waals surface area (Å²) in [6.45, 7) is 5.92. The third kappa shape index (κ3) is 8.84. The van der Waals surface area contributed by atoms with Crippen molar-refractivity contribution >= 4 is 27.5 Å². The highest BCUT2D eigenvalue weighted by molar-refractivity contribution is 7.92. The van der Waals surface area contributed by atoms with Crippen LogP contribution in [0.5, 0.6) is 5.75 Å². The molecule has 2 amide bonds. The summed E-state index contributed by atoms with van der Waals surface area (Å²) in [6, 6.07) is 24.5. The van der Waals surface area contributed by atoms with Crippen molar-refractivity contribution in [1.29, 1.82) is 0 Å². The van der Waals surface area contributed by atoms with Crippen LogP contribution in [-0.4, -0.2) is 56.6 Å². The molecule has 0 aromatic heterocycles. The SMILES string of the molecule is CCOc1ccc(N(CC(=O)N(Cc2ccccc2)[C@@H](Cc2ccccc2)C(=O)N[C@@H](C)CC)S(C)(=O)=O)cc1. The molecule has 3 aromatic rings. The van der Waals surface area contributed by atoms with Crippen molar-refractivity contribution in [3.63, 3.8) is 0 Å². The lowest BCUT2D eigenvalue weighted by molar-refractivity contribution is -0.140. The van der Waals surface area contributed by atoms with E-state index in [2.05, 4.69) is 5.32 Å². The first kappa shape index (κ1) is 30.7. The maximum absolute atomic E-state index is 14.1. The van der Waals surface area contributed by atoms with E-state index in [1.54, 1.807) is 24.3 Å². The Hall–Kier alpha value is -3.85. The van der Waals surface area contributed by atoms with Gasteiger partial charge in [-0.2, -0.15) is 0 Å². The monoisotopic (exact) mass is 565 g/mol. The molecule has 0 saturated carbocycles. The number of carbonyl (C=O) groups is 2. The summed E-state index contributed by atoms with van der Waals surface area (Å²) in [5.41, 5.74) is 2.06. The lowest BCUT2D eigenvalue weighted by Crippen LogP contribution is -2.54. The van der Waals surface area contributed by atoms with Crippen LogP contribution in [0.3, 0.4) is 0 Å². The van der Waals surface area contributed by atoms with Gasteiger partial charge in [-0.25, -0.2) is 8.42 Å². The summed E-state index contributed by atoms with van der Waals surface area (Å²) >= 11 is 0. The molecule has 214 valence electrons. The van der Waals surface area contributed by atoms with Gasteiger partial charge in [0, 0.05) is 19.0 Å². The fourth-order valence-corrected chi connectivity index (χ4v) is 5.11.